The van der Waals surface area contributed by atoms with E-state index in [9.17, 15) is 13.2 Å². The standard InChI is InChI=1S/C18H30N4O3S/c1-2-9-21-15-17(13-19-21)26(24,25)22-12-5-6-16(14-22)7-8-18(23)20-10-3-4-11-20/h13,15-16H,2-12,14H2,1H3/t16-/m0/s1. The van der Waals surface area contributed by atoms with Crippen molar-refractivity contribution in [3.63, 3.8) is 0 Å². The van der Waals surface area contributed by atoms with Crippen LogP contribution in [0.4, 0.5) is 0 Å². The van der Waals surface area contributed by atoms with Crippen LogP contribution in [-0.2, 0) is 21.4 Å². The van der Waals surface area contributed by atoms with Crippen LogP contribution in [0.3, 0.4) is 0 Å². The van der Waals surface area contributed by atoms with Gasteiger partial charge in [0.05, 0.1) is 6.20 Å². The van der Waals surface area contributed by atoms with Gasteiger partial charge in [0, 0.05) is 45.3 Å². The molecule has 2 aliphatic heterocycles. The number of rotatable bonds is 7. The molecule has 0 bridgehead atoms. The van der Waals surface area contributed by atoms with Crippen molar-refractivity contribution >= 4 is 15.9 Å². The molecular weight excluding hydrogens is 352 g/mol. The molecule has 7 nitrogen and oxygen atoms in total. The molecule has 2 saturated heterocycles. The average molecular weight is 383 g/mol. The van der Waals surface area contributed by atoms with E-state index in [-0.39, 0.29) is 16.7 Å². The molecule has 1 aromatic rings. The zero-order valence-corrected chi connectivity index (χ0v) is 16.5. The maximum Gasteiger partial charge on any atom is 0.246 e. The molecule has 0 aliphatic carbocycles. The molecule has 146 valence electrons. The topological polar surface area (TPSA) is 75.5 Å². The van der Waals surface area contributed by atoms with Gasteiger partial charge >= 0.3 is 0 Å². The summed E-state index contributed by atoms with van der Waals surface area (Å²) in [5.41, 5.74) is 0. The fourth-order valence-electron chi connectivity index (χ4n) is 3.91. The van der Waals surface area contributed by atoms with Crippen LogP contribution in [-0.4, -0.2) is 59.5 Å². The summed E-state index contributed by atoms with van der Waals surface area (Å²) in [7, 11) is -3.49. The van der Waals surface area contributed by atoms with Crippen molar-refractivity contribution in [2.24, 2.45) is 5.92 Å². The van der Waals surface area contributed by atoms with Crippen LogP contribution < -0.4 is 0 Å². The highest BCUT2D eigenvalue weighted by Gasteiger charge is 2.31. The highest BCUT2D eigenvalue weighted by molar-refractivity contribution is 7.89. The van der Waals surface area contributed by atoms with Crippen LogP contribution in [0.2, 0.25) is 0 Å². The fourth-order valence-corrected chi connectivity index (χ4v) is 5.42. The normalized spacial score (nSPS) is 22.0. The van der Waals surface area contributed by atoms with Gasteiger partial charge in [0.1, 0.15) is 4.90 Å². The summed E-state index contributed by atoms with van der Waals surface area (Å²) in [6.45, 7) is 5.58. The van der Waals surface area contributed by atoms with E-state index in [0.717, 1.165) is 58.2 Å². The Hall–Kier alpha value is -1.41. The largest absolute Gasteiger partial charge is 0.343 e. The second kappa shape index (κ2) is 8.52. The van der Waals surface area contributed by atoms with Crippen molar-refractivity contribution in [3.05, 3.63) is 12.4 Å². The summed E-state index contributed by atoms with van der Waals surface area (Å²) < 4.78 is 29.1. The van der Waals surface area contributed by atoms with Gasteiger partial charge in [0.25, 0.3) is 0 Å². The molecule has 2 aliphatic rings. The van der Waals surface area contributed by atoms with Gasteiger partial charge in [-0.1, -0.05) is 6.92 Å². The SMILES string of the molecule is CCCn1cc(S(=O)(=O)N2CCC[C@@H](CCC(=O)N3CCCC3)C2)cn1. The molecule has 3 rings (SSSR count). The predicted octanol–water partition coefficient (Wildman–Crippen LogP) is 2.10. The Bertz CT molecular complexity index is 710. The highest BCUT2D eigenvalue weighted by Crippen LogP contribution is 2.26. The van der Waals surface area contributed by atoms with E-state index in [1.165, 1.54) is 6.20 Å². The van der Waals surface area contributed by atoms with Crippen molar-refractivity contribution < 1.29 is 13.2 Å². The molecule has 1 atom stereocenters. The van der Waals surface area contributed by atoms with Gasteiger partial charge < -0.3 is 4.90 Å². The number of aryl methyl sites for hydroxylation is 1. The van der Waals surface area contributed by atoms with E-state index < -0.39 is 10.0 Å². The number of carbonyl (C=O) groups is 1. The number of likely N-dealkylation sites (tertiary alicyclic amines) is 1. The lowest BCUT2D eigenvalue weighted by atomic mass is 9.94. The molecular formula is C18H30N4O3S. The van der Waals surface area contributed by atoms with Crippen LogP contribution in [0.15, 0.2) is 17.3 Å². The first-order valence-corrected chi connectivity index (χ1v) is 11.2. The van der Waals surface area contributed by atoms with Crippen LogP contribution in [0.5, 0.6) is 0 Å². The van der Waals surface area contributed by atoms with E-state index in [1.807, 2.05) is 11.8 Å². The maximum atomic E-state index is 12.9. The van der Waals surface area contributed by atoms with E-state index in [1.54, 1.807) is 15.2 Å². The third-order valence-electron chi connectivity index (χ3n) is 5.41. The number of piperidine rings is 1. The van der Waals surface area contributed by atoms with Crippen molar-refractivity contribution in [3.8, 4) is 0 Å². The van der Waals surface area contributed by atoms with E-state index in [4.69, 9.17) is 0 Å². The second-order valence-corrected chi connectivity index (χ2v) is 9.37. The summed E-state index contributed by atoms with van der Waals surface area (Å²) in [6, 6.07) is 0. The molecule has 1 aromatic heterocycles. The lowest BCUT2D eigenvalue weighted by molar-refractivity contribution is -0.130. The summed E-state index contributed by atoms with van der Waals surface area (Å²) in [6.07, 6.45) is 9.35. The first-order valence-electron chi connectivity index (χ1n) is 9.81. The molecule has 0 unspecified atom stereocenters. The number of sulfonamides is 1. The Morgan fingerprint density at radius 2 is 2.00 bits per heavy atom. The molecule has 3 heterocycles. The molecule has 0 saturated carbocycles. The number of amides is 1. The smallest absolute Gasteiger partial charge is 0.246 e. The van der Waals surface area contributed by atoms with Gasteiger partial charge in [-0.3, -0.25) is 9.48 Å². The predicted molar refractivity (Wildman–Crippen MR) is 99.0 cm³/mol. The molecule has 1 amide bonds. The van der Waals surface area contributed by atoms with Crippen LogP contribution in [0.25, 0.3) is 0 Å². The number of aromatic nitrogens is 2. The molecule has 8 heteroatoms. The summed E-state index contributed by atoms with van der Waals surface area (Å²) in [5, 5.41) is 4.15. The first-order chi connectivity index (χ1) is 12.5. The van der Waals surface area contributed by atoms with E-state index in [2.05, 4.69) is 5.10 Å². The number of hydrogen-bond acceptors (Lipinski definition) is 4. The second-order valence-electron chi connectivity index (χ2n) is 7.44. The fraction of sp³-hybridized carbons (Fsp3) is 0.778. The van der Waals surface area contributed by atoms with Gasteiger partial charge in [-0.05, 0) is 44.4 Å². The minimum atomic E-state index is -3.49. The monoisotopic (exact) mass is 382 g/mol. The van der Waals surface area contributed by atoms with Gasteiger partial charge in [-0.25, -0.2) is 8.42 Å². The Balaban J connectivity index is 1.57. The van der Waals surface area contributed by atoms with E-state index >= 15 is 0 Å². The Morgan fingerprint density at radius 1 is 1.23 bits per heavy atom. The number of carbonyl (C=O) groups excluding carboxylic acids is 1. The van der Waals surface area contributed by atoms with Gasteiger partial charge in [-0.15, -0.1) is 0 Å². The van der Waals surface area contributed by atoms with Crippen LogP contribution in [0, 0.1) is 5.92 Å². The molecule has 0 aromatic carbocycles. The molecule has 26 heavy (non-hydrogen) atoms. The van der Waals surface area contributed by atoms with Gasteiger partial charge in [0.15, 0.2) is 0 Å². The molecule has 0 N–H and O–H groups in total. The third-order valence-corrected chi connectivity index (χ3v) is 7.22. The average Bonchev–Trinajstić information content (AvgIpc) is 3.32. The highest BCUT2D eigenvalue weighted by atomic mass is 32.2. The molecule has 0 radical (unpaired) electrons. The Labute approximate surface area is 156 Å². The number of nitrogens with zero attached hydrogens (tertiary/aromatic N) is 4. The van der Waals surface area contributed by atoms with Crippen molar-refractivity contribution in [1.82, 2.24) is 19.0 Å². The summed E-state index contributed by atoms with van der Waals surface area (Å²) >= 11 is 0. The summed E-state index contributed by atoms with van der Waals surface area (Å²) in [4.78, 5) is 14.5. The quantitative estimate of drug-likeness (QED) is 0.724. The number of hydrogen-bond donors (Lipinski definition) is 0. The Morgan fingerprint density at radius 3 is 2.73 bits per heavy atom. The lowest BCUT2D eigenvalue weighted by Crippen LogP contribution is -2.40. The zero-order chi connectivity index (χ0) is 18.6. The third kappa shape index (κ3) is 4.46. The minimum absolute atomic E-state index is 0.225. The summed E-state index contributed by atoms with van der Waals surface area (Å²) in [5.74, 6) is 0.485. The maximum absolute atomic E-state index is 12.9. The molecule has 0 spiro atoms. The van der Waals surface area contributed by atoms with Crippen LogP contribution in [0.1, 0.15) is 51.9 Å². The molecule has 2 fully saturated rings. The van der Waals surface area contributed by atoms with Gasteiger partial charge in [0.2, 0.25) is 15.9 Å². The minimum Gasteiger partial charge on any atom is -0.343 e. The Kier molecular flexibility index (Phi) is 6.34. The van der Waals surface area contributed by atoms with Crippen molar-refractivity contribution in [2.45, 2.75) is 63.3 Å². The van der Waals surface area contributed by atoms with E-state index in [0.29, 0.717) is 19.5 Å². The lowest BCUT2D eigenvalue weighted by Gasteiger charge is -2.31. The van der Waals surface area contributed by atoms with Crippen molar-refractivity contribution in [2.75, 3.05) is 26.2 Å². The van der Waals surface area contributed by atoms with Crippen molar-refractivity contribution in [1.29, 1.82) is 0 Å². The van der Waals surface area contributed by atoms with Crippen LogP contribution >= 0.6 is 0 Å². The van der Waals surface area contributed by atoms with Gasteiger partial charge in [-0.2, -0.15) is 9.40 Å². The first kappa shape index (κ1) is 19.4. The zero-order valence-electron chi connectivity index (χ0n) is 15.6.